The highest BCUT2D eigenvalue weighted by molar-refractivity contribution is 5.90. The fourth-order valence-corrected chi connectivity index (χ4v) is 2.74. The van der Waals surface area contributed by atoms with Crippen molar-refractivity contribution >= 4 is 10.8 Å². The first-order chi connectivity index (χ1) is 10.1. The van der Waals surface area contributed by atoms with Crippen molar-refractivity contribution in [2.75, 3.05) is 0 Å². The molecular formula is C20H28O2. The fraction of sp³-hybridized carbons (Fsp3) is 0.500. The van der Waals surface area contributed by atoms with Gasteiger partial charge in [0.15, 0.2) is 0 Å². The molecule has 0 saturated carbocycles. The summed E-state index contributed by atoms with van der Waals surface area (Å²) in [5.41, 5.74) is 4.25. The van der Waals surface area contributed by atoms with Crippen molar-refractivity contribution in [3.05, 3.63) is 46.5 Å². The summed E-state index contributed by atoms with van der Waals surface area (Å²) in [5.74, 6) is 0. The molecule has 0 aromatic heterocycles. The SMILES string of the molecule is CC(C)(C)c1cc(CO)c2cc(C(C)(C)C)cc(CO)c2c1. The molecule has 0 spiro atoms. The van der Waals surface area contributed by atoms with E-state index in [0.717, 1.165) is 21.9 Å². The highest BCUT2D eigenvalue weighted by atomic mass is 16.3. The Morgan fingerprint density at radius 1 is 0.636 bits per heavy atom. The van der Waals surface area contributed by atoms with Gasteiger partial charge in [0.05, 0.1) is 13.2 Å². The molecule has 0 atom stereocenters. The monoisotopic (exact) mass is 300 g/mol. The van der Waals surface area contributed by atoms with Crippen molar-refractivity contribution in [2.45, 2.75) is 65.6 Å². The van der Waals surface area contributed by atoms with E-state index in [1.165, 1.54) is 11.1 Å². The van der Waals surface area contributed by atoms with Crippen molar-refractivity contribution in [3.63, 3.8) is 0 Å². The molecule has 0 saturated heterocycles. The lowest BCUT2D eigenvalue weighted by Gasteiger charge is -2.25. The first kappa shape index (κ1) is 17.0. The van der Waals surface area contributed by atoms with Crippen LogP contribution >= 0.6 is 0 Å². The lowest BCUT2D eigenvalue weighted by atomic mass is 9.80. The molecule has 0 aliphatic carbocycles. The van der Waals surface area contributed by atoms with E-state index in [0.29, 0.717) is 0 Å². The molecule has 0 heterocycles. The molecule has 22 heavy (non-hydrogen) atoms. The molecular weight excluding hydrogens is 272 g/mol. The summed E-state index contributed by atoms with van der Waals surface area (Å²) in [6, 6.07) is 8.50. The molecule has 0 aliphatic heterocycles. The van der Waals surface area contributed by atoms with E-state index in [1.807, 2.05) is 0 Å². The maximum absolute atomic E-state index is 9.82. The fourth-order valence-electron chi connectivity index (χ4n) is 2.74. The van der Waals surface area contributed by atoms with Crippen LogP contribution in [0, 0.1) is 0 Å². The van der Waals surface area contributed by atoms with Crippen molar-refractivity contribution < 1.29 is 10.2 Å². The van der Waals surface area contributed by atoms with Crippen molar-refractivity contribution in [3.8, 4) is 0 Å². The Hall–Kier alpha value is -1.38. The van der Waals surface area contributed by atoms with Crippen LogP contribution in [0.3, 0.4) is 0 Å². The van der Waals surface area contributed by atoms with Gasteiger partial charge in [0.25, 0.3) is 0 Å². The summed E-state index contributed by atoms with van der Waals surface area (Å²) in [5, 5.41) is 21.7. The average molecular weight is 300 g/mol. The van der Waals surface area contributed by atoms with Gasteiger partial charge >= 0.3 is 0 Å². The zero-order valence-electron chi connectivity index (χ0n) is 14.6. The summed E-state index contributed by atoms with van der Waals surface area (Å²) in [6.07, 6.45) is 0. The topological polar surface area (TPSA) is 40.5 Å². The van der Waals surface area contributed by atoms with Gasteiger partial charge in [0.2, 0.25) is 0 Å². The number of fused-ring (bicyclic) bond motifs is 1. The van der Waals surface area contributed by atoms with Crippen LogP contribution in [-0.4, -0.2) is 10.2 Å². The zero-order chi connectivity index (χ0) is 16.7. The minimum atomic E-state index is 0.00747. The first-order valence-corrected chi connectivity index (χ1v) is 7.90. The molecule has 2 N–H and O–H groups in total. The summed E-state index contributed by atoms with van der Waals surface area (Å²) in [6.45, 7) is 13.0. The number of aliphatic hydroxyl groups is 2. The Morgan fingerprint density at radius 3 is 1.18 bits per heavy atom. The lowest BCUT2D eigenvalue weighted by molar-refractivity contribution is 0.281. The van der Waals surface area contributed by atoms with Crippen LogP contribution in [0.5, 0.6) is 0 Å². The molecule has 0 fully saturated rings. The Balaban J connectivity index is 2.86. The van der Waals surface area contributed by atoms with Gasteiger partial charge in [-0.25, -0.2) is 0 Å². The van der Waals surface area contributed by atoms with Crippen molar-refractivity contribution in [1.82, 2.24) is 0 Å². The Bertz CT molecular complexity index is 624. The number of rotatable bonds is 2. The van der Waals surface area contributed by atoms with Crippen LogP contribution in [0.4, 0.5) is 0 Å². The van der Waals surface area contributed by atoms with Crippen LogP contribution in [0.15, 0.2) is 24.3 Å². The van der Waals surface area contributed by atoms with E-state index < -0.39 is 0 Å². The number of benzene rings is 2. The van der Waals surface area contributed by atoms with E-state index in [2.05, 4.69) is 65.8 Å². The van der Waals surface area contributed by atoms with Gasteiger partial charge in [-0.3, -0.25) is 0 Å². The molecule has 2 aromatic carbocycles. The average Bonchev–Trinajstić information content (AvgIpc) is 2.42. The molecule has 2 heteroatoms. The largest absolute Gasteiger partial charge is 0.392 e. The van der Waals surface area contributed by atoms with Crippen LogP contribution in [0.25, 0.3) is 10.8 Å². The smallest absolute Gasteiger partial charge is 0.0687 e. The van der Waals surface area contributed by atoms with Crippen LogP contribution in [0.2, 0.25) is 0 Å². The maximum atomic E-state index is 9.82. The molecule has 0 bridgehead atoms. The van der Waals surface area contributed by atoms with E-state index in [4.69, 9.17) is 0 Å². The summed E-state index contributed by atoms with van der Waals surface area (Å²) >= 11 is 0. The van der Waals surface area contributed by atoms with Gasteiger partial charge in [0, 0.05) is 0 Å². The molecule has 0 aliphatic rings. The Labute approximate surface area is 133 Å². The third kappa shape index (κ3) is 3.18. The second kappa shape index (κ2) is 5.68. The van der Waals surface area contributed by atoms with E-state index in [1.54, 1.807) is 0 Å². The molecule has 2 aromatic rings. The number of hydrogen-bond acceptors (Lipinski definition) is 2. The maximum Gasteiger partial charge on any atom is 0.0687 e. The van der Waals surface area contributed by atoms with E-state index in [9.17, 15) is 10.2 Å². The standard InChI is InChI=1S/C20H28O2/c1-19(2,3)15-7-13(11-21)18-10-16(20(4,5)6)8-14(12-22)17(18)9-15/h7-10,21-22H,11-12H2,1-6H3. The van der Waals surface area contributed by atoms with Crippen molar-refractivity contribution in [1.29, 1.82) is 0 Å². The predicted molar refractivity (Wildman–Crippen MR) is 93.2 cm³/mol. The predicted octanol–water partition coefficient (Wildman–Crippen LogP) is 4.42. The quantitative estimate of drug-likeness (QED) is 0.862. The second-order valence-electron chi connectivity index (χ2n) is 8.18. The number of aliphatic hydroxyl groups excluding tert-OH is 2. The summed E-state index contributed by atoms with van der Waals surface area (Å²) in [7, 11) is 0. The second-order valence-corrected chi connectivity index (χ2v) is 8.18. The van der Waals surface area contributed by atoms with Gasteiger partial charge < -0.3 is 10.2 Å². The van der Waals surface area contributed by atoms with Crippen LogP contribution in [-0.2, 0) is 24.0 Å². The highest BCUT2D eigenvalue weighted by Gasteiger charge is 2.20. The molecule has 2 rings (SSSR count). The van der Waals surface area contributed by atoms with Gasteiger partial charge in [-0.1, -0.05) is 65.8 Å². The molecule has 0 unspecified atom stereocenters. The summed E-state index contributed by atoms with van der Waals surface area (Å²) in [4.78, 5) is 0. The van der Waals surface area contributed by atoms with Gasteiger partial charge in [0.1, 0.15) is 0 Å². The third-order valence-electron chi connectivity index (χ3n) is 4.31. The zero-order valence-corrected chi connectivity index (χ0v) is 14.6. The van der Waals surface area contributed by atoms with Crippen LogP contribution in [0.1, 0.15) is 63.8 Å². The first-order valence-electron chi connectivity index (χ1n) is 7.90. The minimum Gasteiger partial charge on any atom is -0.392 e. The lowest BCUT2D eigenvalue weighted by Crippen LogP contribution is -2.14. The normalized spacial score (nSPS) is 12.9. The minimum absolute atomic E-state index is 0.00747. The Morgan fingerprint density at radius 2 is 0.955 bits per heavy atom. The number of hydrogen-bond donors (Lipinski definition) is 2. The summed E-state index contributed by atoms with van der Waals surface area (Å²) < 4.78 is 0. The molecule has 0 radical (unpaired) electrons. The highest BCUT2D eigenvalue weighted by Crippen LogP contribution is 2.34. The molecule has 120 valence electrons. The third-order valence-corrected chi connectivity index (χ3v) is 4.31. The molecule has 2 nitrogen and oxygen atoms in total. The van der Waals surface area contributed by atoms with Crippen molar-refractivity contribution in [2.24, 2.45) is 0 Å². The van der Waals surface area contributed by atoms with E-state index in [-0.39, 0.29) is 24.0 Å². The van der Waals surface area contributed by atoms with Gasteiger partial charge in [-0.2, -0.15) is 0 Å². The van der Waals surface area contributed by atoms with Gasteiger partial charge in [-0.15, -0.1) is 0 Å². The Kier molecular flexibility index (Phi) is 4.38. The van der Waals surface area contributed by atoms with Crippen LogP contribution < -0.4 is 0 Å². The molecule has 0 amide bonds. The van der Waals surface area contributed by atoms with Gasteiger partial charge in [-0.05, 0) is 43.9 Å². The van der Waals surface area contributed by atoms with E-state index >= 15 is 0 Å².